The highest BCUT2D eigenvalue weighted by molar-refractivity contribution is 7.14. The number of carbonyl (C=O) groups excluding carboxylic acids is 2. The van der Waals surface area contributed by atoms with Gasteiger partial charge in [0.05, 0.1) is 35.5 Å². The van der Waals surface area contributed by atoms with Crippen molar-refractivity contribution in [2.45, 2.75) is 26.2 Å². The van der Waals surface area contributed by atoms with E-state index in [2.05, 4.69) is 27.8 Å². The number of pyridine rings is 1. The Morgan fingerprint density at radius 3 is 2.82 bits per heavy atom. The van der Waals surface area contributed by atoms with Gasteiger partial charge in [-0.05, 0) is 54.5 Å². The Labute approximate surface area is 199 Å². The molecule has 0 unspecified atom stereocenters. The van der Waals surface area contributed by atoms with E-state index in [1.807, 2.05) is 30.3 Å². The van der Waals surface area contributed by atoms with Gasteiger partial charge < -0.3 is 4.74 Å². The highest BCUT2D eigenvalue weighted by Crippen LogP contribution is 2.38. The number of fused-ring (bicyclic) bond motifs is 2. The number of allylic oxidation sites excluding steroid dienone is 1. The summed E-state index contributed by atoms with van der Waals surface area (Å²) in [5, 5.41) is 8.05. The van der Waals surface area contributed by atoms with Gasteiger partial charge in [-0.25, -0.2) is 9.97 Å². The Bertz CT molecular complexity index is 1370. The van der Waals surface area contributed by atoms with Crippen LogP contribution in [0.3, 0.4) is 0 Å². The molecule has 0 bridgehead atoms. The number of hydrogen-bond acceptors (Lipinski definition) is 7. The molecule has 4 aromatic rings. The third kappa shape index (κ3) is 4.44. The molecular weight excluding hydrogens is 454 g/mol. The number of para-hydroxylation sites is 1. The second-order valence-electron chi connectivity index (χ2n) is 7.60. The molecule has 6 nitrogen and oxygen atoms in total. The van der Waals surface area contributed by atoms with Crippen LogP contribution in [-0.4, -0.2) is 28.5 Å². The summed E-state index contributed by atoms with van der Waals surface area (Å²) >= 11 is 2.98. The standard InChI is InChI=1S/C25H21N3O3S2/c1-2-31-21(29)13-16-14-33-25(26-16)28-24(30)22-18-7-3-4-8-20(18)27-23-15(9-10-19(22)23)12-17-6-5-11-32-17/h3-8,11-12,14H,2,9-10,13H2,1H3,(H,26,28,30). The molecule has 0 saturated heterocycles. The third-order valence-electron chi connectivity index (χ3n) is 5.43. The number of benzene rings is 1. The molecule has 0 aliphatic heterocycles. The second kappa shape index (κ2) is 9.25. The fourth-order valence-electron chi connectivity index (χ4n) is 4.05. The smallest absolute Gasteiger partial charge is 0.311 e. The molecule has 0 spiro atoms. The number of carbonyl (C=O) groups is 2. The fraction of sp³-hybridized carbons (Fsp3) is 0.200. The molecule has 8 heteroatoms. The predicted molar refractivity (Wildman–Crippen MR) is 133 cm³/mol. The minimum Gasteiger partial charge on any atom is -0.466 e. The molecule has 3 heterocycles. The summed E-state index contributed by atoms with van der Waals surface area (Å²) in [6.45, 7) is 2.10. The van der Waals surface area contributed by atoms with Crippen LogP contribution in [0.4, 0.5) is 5.13 Å². The van der Waals surface area contributed by atoms with Crippen molar-refractivity contribution in [3.05, 3.63) is 74.6 Å². The zero-order chi connectivity index (χ0) is 22.8. The SMILES string of the molecule is CCOC(=O)Cc1csc(NC(=O)c2c3c(nc4ccccc24)C(=Cc2cccs2)CC3)n1. The maximum Gasteiger partial charge on any atom is 0.311 e. The summed E-state index contributed by atoms with van der Waals surface area (Å²) in [5.41, 5.74) is 5.04. The van der Waals surface area contributed by atoms with Crippen molar-refractivity contribution >= 4 is 62.2 Å². The average molecular weight is 476 g/mol. The van der Waals surface area contributed by atoms with Gasteiger partial charge in [0.2, 0.25) is 0 Å². The maximum absolute atomic E-state index is 13.5. The van der Waals surface area contributed by atoms with Gasteiger partial charge in [-0.2, -0.15) is 0 Å². The van der Waals surface area contributed by atoms with Gasteiger partial charge in [0.25, 0.3) is 5.91 Å². The van der Waals surface area contributed by atoms with Crippen molar-refractivity contribution in [3.8, 4) is 0 Å². The van der Waals surface area contributed by atoms with E-state index >= 15 is 0 Å². The lowest BCUT2D eigenvalue weighted by atomic mass is 10.00. The van der Waals surface area contributed by atoms with E-state index in [0.29, 0.717) is 23.0 Å². The molecule has 1 aliphatic carbocycles. The number of rotatable bonds is 6. The van der Waals surface area contributed by atoms with E-state index < -0.39 is 0 Å². The molecule has 166 valence electrons. The minimum atomic E-state index is -0.330. The number of anilines is 1. The van der Waals surface area contributed by atoms with Crippen LogP contribution < -0.4 is 5.32 Å². The molecule has 0 fully saturated rings. The van der Waals surface area contributed by atoms with Crippen molar-refractivity contribution in [2.75, 3.05) is 11.9 Å². The molecule has 1 amide bonds. The van der Waals surface area contributed by atoms with Crippen molar-refractivity contribution in [2.24, 2.45) is 0 Å². The van der Waals surface area contributed by atoms with Crippen LogP contribution in [0.1, 0.15) is 45.5 Å². The van der Waals surface area contributed by atoms with Crippen LogP contribution in [0.2, 0.25) is 0 Å². The van der Waals surface area contributed by atoms with E-state index in [1.54, 1.807) is 23.6 Å². The van der Waals surface area contributed by atoms with Crippen molar-refractivity contribution in [1.82, 2.24) is 9.97 Å². The van der Waals surface area contributed by atoms with Crippen molar-refractivity contribution < 1.29 is 14.3 Å². The number of hydrogen-bond donors (Lipinski definition) is 1. The molecule has 1 aromatic carbocycles. The summed E-state index contributed by atoms with van der Waals surface area (Å²) in [6, 6.07) is 11.8. The summed E-state index contributed by atoms with van der Waals surface area (Å²) in [6.07, 6.45) is 3.87. The molecular formula is C25H21N3O3S2. The lowest BCUT2D eigenvalue weighted by Gasteiger charge is -2.12. The Hall–Kier alpha value is -3.36. The normalized spacial score (nSPS) is 13.9. The molecule has 0 saturated carbocycles. The molecule has 5 rings (SSSR count). The summed E-state index contributed by atoms with van der Waals surface area (Å²) < 4.78 is 4.98. The average Bonchev–Trinajstić information content (AvgIpc) is 3.55. The Kier molecular flexibility index (Phi) is 6.02. The van der Waals surface area contributed by atoms with Gasteiger partial charge in [-0.15, -0.1) is 22.7 Å². The Morgan fingerprint density at radius 2 is 2.00 bits per heavy atom. The third-order valence-corrected chi connectivity index (χ3v) is 7.06. The zero-order valence-electron chi connectivity index (χ0n) is 18.0. The van der Waals surface area contributed by atoms with Crippen LogP contribution in [-0.2, 0) is 22.4 Å². The van der Waals surface area contributed by atoms with Crippen LogP contribution in [0.25, 0.3) is 22.6 Å². The van der Waals surface area contributed by atoms with E-state index in [9.17, 15) is 9.59 Å². The van der Waals surface area contributed by atoms with E-state index in [4.69, 9.17) is 9.72 Å². The second-order valence-corrected chi connectivity index (χ2v) is 9.43. The topological polar surface area (TPSA) is 81.2 Å². The molecule has 3 aromatic heterocycles. The number of aromatic nitrogens is 2. The zero-order valence-corrected chi connectivity index (χ0v) is 19.6. The first kappa shape index (κ1) is 21.5. The first-order valence-corrected chi connectivity index (χ1v) is 12.5. The number of thiazole rings is 1. The number of nitrogens with zero attached hydrogens (tertiary/aromatic N) is 2. The van der Waals surface area contributed by atoms with Gasteiger partial charge in [0, 0.05) is 15.6 Å². The number of thiophene rings is 1. The minimum absolute atomic E-state index is 0.0880. The lowest BCUT2D eigenvalue weighted by Crippen LogP contribution is -2.16. The maximum atomic E-state index is 13.5. The Balaban J connectivity index is 1.49. The quantitative estimate of drug-likeness (QED) is 0.367. The summed E-state index contributed by atoms with van der Waals surface area (Å²) in [4.78, 5) is 35.7. The van der Waals surface area contributed by atoms with E-state index in [1.165, 1.54) is 16.2 Å². The number of nitrogens with one attached hydrogen (secondary N) is 1. The van der Waals surface area contributed by atoms with Gasteiger partial charge in [-0.3, -0.25) is 14.9 Å². The largest absolute Gasteiger partial charge is 0.466 e. The van der Waals surface area contributed by atoms with Crippen molar-refractivity contribution in [3.63, 3.8) is 0 Å². The predicted octanol–water partition coefficient (Wildman–Crippen LogP) is 5.60. The first-order valence-electron chi connectivity index (χ1n) is 10.7. The molecule has 0 radical (unpaired) electrons. The summed E-state index contributed by atoms with van der Waals surface area (Å²) in [5.74, 6) is -0.539. The number of esters is 1. The highest BCUT2D eigenvalue weighted by atomic mass is 32.1. The van der Waals surface area contributed by atoms with Gasteiger partial charge >= 0.3 is 5.97 Å². The van der Waals surface area contributed by atoms with Crippen LogP contribution in [0, 0.1) is 0 Å². The van der Waals surface area contributed by atoms with E-state index in [-0.39, 0.29) is 18.3 Å². The lowest BCUT2D eigenvalue weighted by molar-refractivity contribution is -0.142. The number of amides is 1. The highest BCUT2D eigenvalue weighted by Gasteiger charge is 2.27. The van der Waals surface area contributed by atoms with Gasteiger partial charge in [-0.1, -0.05) is 24.3 Å². The van der Waals surface area contributed by atoms with E-state index in [0.717, 1.165) is 40.6 Å². The summed E-state index contributed by atoms with van der Waals surface area (Å²) in [7, 11) is 0. The monoisotopic (exact) mass is 475 g/mol. The molecule has 1 N–H and O–H groups in total. The Morgan fingerprint density at radius 1 is 1.12 bits per heavy atom. The molecule has 33 heavy (non-hydrogen) atoms. The fourth-order valence-corrected chi connectivity index (χ4v) is 5.44. The molecule has 0 atom stereocenters. The van der Waals surface area contributed by atoms with Crippen molar-refractivity contribution in [1.29, 1.82) is 0 Å². The van der Waals surface area contributed by atoms with Gasteiger partial charge in [0.1, 0.15) is 0 Å². The van der Waals surface area contributed by atoms with Crippen LogP contribution in [0.5, 0.6) is 0 Å². The first-order chi connectivity index (χ1) is 16.1. The number of ether oxygens (including phenoxy) is 1. The van der Waals surface area contributed by atoms with Crippen LogP contribution >= 0.6 is 22.7 Å². The molecule has 1 aliphatic rings. The van der Waals surface area contributed by atoms with Gasteiger partial charge in [0.15, 0.2) is 5.13 Å². The van der Waals surface area contributed by atoms with Crippen LogP contribution in [0.15, 0.2) is 47.2 Å².